The highest BCUT2D eigenvalue weighted by atomic mass is 19.4. The van der Waals surface area contributed by atoms with Crippen LogP contribution >= 0.6 is 0 Å². The van der Waals surface area contributed by atoms with Crippen molar-refractivity contribution < 1.29 is 18.3 Å². The van der Waals surface area contributed by atoms with Crippen molar-refractivity contribution in [2.45, 2.75) is 74.7 Å². The SMILES string of the molecule is Oc1ccc2c(c1)[C@]13CCN(CC4CC4)[C@H](C2)[C@]12CC[C@@H]1[C@H]3[C@@H](CN1C(c1ccccc1)C(F)(F)F)C2. The van der Waals surface area contributed by atoms with E-state index in [1.807, 2.05) is 17.0 Å². The number of phenols is 1. The molecule has 5 fully saturated rings. The molecule has 196 valence electrons. The zero-order valence-electron chi connectivity index (χ0n) is 21.1. The Morgan fingerprint density at radius 2 is 1.84 bits per heavy atom. The average Bonchev–Trinajstić information content (AvgIpc) is 3.57. The van der Waals surface area contributed by atoms with Crippen molar-refractivity contribution in [3.63, 3.8) is 0 Å². The molecule has 6 heteroatoms. The van der Waals surface area contributed by atoms with Crippen molar-refractivity contribution >= 4 is 0 Å². The second-order valence-corrected chi connectivity index (χ2v) is 13.0. The number of alkyl halides is 3. The molecule has 2 heterocycles. The van der Waals surface area contributed by atoms with Crippen LogP contribution in [0.2, 0.25) is 0 Å². The van der Waals surface area contributed by atoms with Gasteiger partial charge in [-0.3, -0.25) is 9.80 Å². The Labute approximate surface area is 216 Å². The highest BCUT2D eigenvalue weighted by Crippen LogP contribution is 2.76. The number of likely N-dealkylation sites (tertiary alicyclic amines) is 2. The van der Waals surface area contributed by atoms with Gasteiger partial charge in [0.05, 0.1) is 0 Å². The summed E-state index contributed by atoms with van der Waals surface area (Å²) in [7, 11) is 0. The van der Waals surface area contributed by atoms with Crippen LogP contribution in [0.4, 0.5) is 13.2 Å². The number of phenolic OH excluding ortho intramolecular Hbond substituents is 1. The van der Waals surface area contributed by atoms with Crippen LogP contribution in [0.15, 0.2) is 48.5 Å². The van der Waals surface area contributed by atoms with Gasteiger partial charge in [0.15, 0.2) is 0 Å². The van der Waals surface area contributed by atoms with Gasteiger partial charge in [-0.2, -0.15) is 13.2 Å². The summed E-state index contributed by atoms with van der Waals surface area (Å²) in [6.45, 7) is 2.75. The van der Waals surface area contributed by atoms with E-state index in [4.69, 9.17) is 0 Å². The maximum atomic E-state index is 14.7. The van der Waals surface area contributed by atoms with Crippen molar-refractivity contribution in [3.8, 4) is 5.75 Å². The number of halogens is 3. The number of piperidine rings is 1. The van der Waals surface area contributed by atoms with Crippen LogP contribution in [0.25, 0.3) is 0 Å². The maximum absolute atomic E-state index is 14.7. The predicted octanol–water partition coefficient (Wildman–Crippen LogP) is 6.07. The van der Waals surface area contributed by atoms with E-state index in [1.165, 1.54) is 30.5 Å². The van der Waals surface area contributed by atoms with Crippen LogP contribution in [0.3, 0.4) is 0 Å². The lowest BCUT2D eigenvalue weighted by atomic mass is 9.43. The minimum absolute atomic E-state index is 0.0728. The van der Waals surface area contributed by atoms with Gasteiger partial charge in [-0.25, -0.2) is 0 Å². The monoisotopic (exact) mass is 508 g/mol. The molecule has 3 saturated carbocycles. The highest BCUT2D eigenvalue weighted by Gasteiger charge is 2.76. The van der Waals surface area contributed by atoms with Crippen LogP contribution in [-0.2, 0) is 11.8 Å². The van der Waals surface area contributed by atoms with Crippen LogP contribution in [0.1, 0.15) is 61.3 Å². The van der Waals surface area contributed by atoms with Crippen molar-refractivity contribution in [3.05, 3.63) is 65.2 Å². The molecule has 1 N–H and O–H groups in total. The number of aromatic hydroxyl groups is 1. The molecular weight excluding hydrogens is 473 g/mol. The number of nitrogens with zero attached hydrogens (tertiary/aromatic N) is 2. The fraction of sp³-hybridized carbons (Fsp3) is 0.613. The molecule has 3 nitrogen and oxygen atoms in total. The van der Waals surface area contributed by atoms with Crippen LogP contribution in [0.5, 0.6) is 5.75 Å². The predicted molar refractivity (Wildman–Crippen MR) is 135 cm³/mol. The highest BCUT2D eigenvalue weighted by molar-refractivity contribution is 5.51. The van der Waals surface area contributed by atoms with Crippen molar-refractivity contribution in [2.24, 2.45) is 23.2 Å². The summed E-state index contributed by atoms with van der Waals surface area (Å²) in [5.41, 5.74) is 2.97. The van der Waals surface area contributed by atoms with Gasteiger partial charge in [0, 0.05) is 30.6 Å². The Kier molecular flexibility index (Phi) is 4.66. The summed E-state index contributed by atoms with van der Waals surface area (Å²) in [5.74, 6) is 1.63. The lowest BCUT2D eigenvalue weighted by molar-refractivity contribution is -0.197. The van der Waals surface area contributed by atoms with E-state index >= 15 is 0 Å². The molecule has 4 aliphatic carbocycles. The average molecular weight is 509 g/mol. The fourth-order valence-corrected chi connectivity index (χ4v) is 10.5. The van der Waals surface area contributed by atoms with E-state index in [-0.39, 0.29) is 28.7 Å². The molecule has 0 spiro atoms. The number of hydrogen-bond donors (Lipinski definition) is 1. The first-order chi connectivity index (χ1) is 17.8. The molecule has 8 rings (SSSR count). The Morgan fingerprint density at radius 1 is 1.03 bits per heavy atom. The largest absolute Gasteiger partial charge is 0.508 e. The van der Waals surface area contributed by atoms with Gasteiger partial charge in [-0.15, -0.1) is 0 Å². The molecule has 2 aromatic carbocycles. The Balaban J connectivity index is 1.26. The summed E-state index contributed by atoms with van der Waals surface area (Å²) in [5, 5.41) is 10.6. The summed E-state index contributed by atoms with van der Waals surface area (Å²) < 4.78 is 44.2. The molecule has 2 aromatic rings. The molecule has 6 aliphatic rings. The Hall–Kier alpha value is -2.05. The van der Waals surface area contributed by atoms with Crippen LogP contribution in [-0.4, -0.2) is 52.8 Å². The first kappa shape index (κ1) is 22.9. The molecule has 0 amide bonds. The third-order valence-electron chi connectivity index (χ3n) is 11.6. The number of benzene rings is 2. The third kappa shape index (κ3) is 2.97. The Morgan fingerprint density at radius 3 is 2.59 bits per heavy atom. The maximum Gasteiger partial charge on any atom is 0.408 e. The van der Waals surface area contributed by atoms with Gasteiger partial charge in [0.2, 0.25) is 0 Å². The molecule has 37 heavy (non-hydrogen) atoms. The minimum Gasteiger partial charge on any atom is -0.508 e. The van der Waals surface area contributed by atoms with E-state index in [1.54, 1.807) is 30.3 Å². The van der Waals surface area contributed by atoms with E-state index in [9.17, 15) is 18.3 Å². The van der Waals surface area contributed by atoms with Gasteiger partial charge < -0.3 is 5.11 Å². The van der Waals surface area contributed by atoms with Gasteiger partial charge in [0.25, 0.3) is 0 Å². The number of rotatable bonds is 4. The molecule has 0 aromatic heterocycles. The zero-order chi connectivity index (χ0) is 25.2. The van der Waals surface area contributed by atoms with Gasteiger partial charge in [0.1, 0.15) is 11.8 Å². The summed E-state index contributed by atoms with van der Waals surface area (Å²) >= 11 is 0. The smallest absolute Gasteiger partial charge is 0.408 e. The zero-order valence-corrected chi connectivity index (χ0v) is 21.1. The molecule has 1 unspecified atom stereocenters. The van der Waals surface area contributed by atoms with Crippen LogP contribution < -0.4 is 0 Å². The van der Waals surface area contributed by atoms with Crippen LogP contribution in [0, 0.1) is 23.2 Å². The molecule has 2 aliphatic heterocycles. The molecule has 2 saturated heterocycles. The second-order valence-electron chi connectivity index (χ2n) is 13.0. The van der Waals surface area contributed by atoms with E-state index < -0.39 is 12.2 Å². The molecule has 7 atom stereocenters. The standard InChI is InChI=1S/C31H35F3N2O/c32-31(33,34)28(20-4-2-1-3-5-20)36-18-22-16-29-11-10-25(36)27(22)30(29)12-13-35(17-19-6-7-19)26(29)14-21-8-9-23(37)15-24(21)30/h1-5,8-9,15,19,22,25-28,37H,6-7,10-14,16-18H2/t22-,25-,26-,27-,28?,29-,30+/m1/s1. The quantitative estimate of drug-likeness (QED) is 0.543. The Bertz CT molecular complexity index is 1230. The molecule has 4 bridgehead atoms. The summed E-state index contributed by atoms with van der Waals surface area (Å²) in [6, 6.07) is 13.3. The first-order valence-corrected chi connectivity index (χ1v) is 14.3. The molecular formula is C31H35F3N2O. The van der Waals surface area contributed by atoms with E-state index in [0.29, 0.717) is 23.9 Å². The lowest BCUT2D eigenvalue weighted by Gasteiger charge is -2.67. The third-order valence-corrected chi connectivity index (χ3v) is 11.6. The summed E-state index contributed by atoms with van der Waals surface area (Å²) in [4.78, 5) is 4.64. The first-order valence-electron chi connectivity index (χ1n) is 14.3. The van der Waals surface area contributed by atoms with Crippen molar-refractivity contribution in [1.29, 1.82) is 0 Å². The second kappa shape index (κ2) is 7.53. The topological polar surface area (TPSA) is 26.7 Å². The van der Waals surface area contributed by atoms with Gasteiger partial charge in [-0.1, -0.05) is 36.4 Å². The van der Waals surface area contributed by atoms with Crippen molar-refractivity contribution in [1.82, 2.24) is 9.80 Å². The molecule has 0 radical (unpaired) electrons. The van der Waals surface area contributed by atoms with Crippen molar-refractivity contribution in [2.75, 3.05) is 19.6 Å². The van der Waals surface area contributed by atoms with Gasteiger partial charge >= 0.3 is 6.18 Å². The summed E-state index contributed by atoms with van der Waals surface area (Å²) in [6.07, 6.45) is 3.29. The van der Waals surface area contributed by atoms with E-state index in [2.05, 4.69) is 11.0 Å². The minimum atomic E-state index is -4.31. The number of hydrogen-bond acceptors (Lipinski definition) is 3. The number of fused-ring (bicyclic) bond motifs is 1. The van der Waals surface area contributed by atoms with E-state index in [0.717, 1.165) is 44.6 Å². The lowest BCUT2D eigenvalue weighted by Crippen LogP contribution is -2.70. The van der Waals surface area contributed by atoms with Gasteiger partial charge in [-0.05, 0) is 103 Å². The fourth-order valence-electron chi connectivity index (χ4n) is 10.5. The normalized spacial score (nSPS) is 39.3.